The van der Waals surface area contributed by atoms with Crippen molar-refractivity contribution < 1.29 is 4.79 Å². The van der Waals surface area contributed by atoms with Crippen molar-refractivity contribution in [3.8, 4) is 0 Å². The van der Waals surface area contributed by atoms with Gasteiger partial charge in [0.05, 0.1) is 22.0 Å². The van der Waals surface area contributed by atoms with Gasteiger partial charge in [-0.3, -0.25) is 14.3 Å². The number of carbonyl (C=O) groups is 1. The molecule has 5 heteroatoms. The van der Waals surface area contributed by atoms with Crippen LogP contribution in [0.25, 0.3) is 11.0 Å². The van der Waals surface area contributed by atoms with Gasteiger partial charge in [0.15, 0.2) is 5.16 Å². The molecule has 2 aromatic heterocycles. The summed E-state index contributed by atoms with van der Waals surface area (Å²) >= 11 is 1.61. The lowest BCUT2D eigenvalue weighted by atomic mass is 10.2. The van der Waals surface area contributed by atoms with Crippen LogP contribution >= 0.6 is 11.8 Å². The predicted molar refractivity (Wildman–Crippen MR) is 77.8 cm³/mol. The van der Waals surface area contributed by atoms with Crippen LogP contribution in [0.15, 0.2) is 53.8 Å². The van der Waals surface area contributed by atoms with Crippen LogP contribution < -0.4 is 0 Å². The Morgan fingerprint density at radius 2 is 2.00 bits per heavy atom. The molecule has 1 unspecified atom stereocenters. The number of benzene rings is 1. The van der Waals surface area contributed by atoms with Crippen LogP contribution in [-0.4, -0.2) is 20.4 Å². The molecule has 4 nitrogen and oxygen atoms in total. The van der Waals surface area contributed by atoms with Gasteiger partial charge in [0.1, 0.15) is 0 Å². The Hall–Kier alpha value is -2.14. The van der Waals surface area contributed by atoms with Gasteiger partial charge in [-0.15, -0.1) is 0 Å². The van der Waals surface area contributed by atoms with Crippen LogP contribution in [-0.2, 0) is 0 Å². The SMILES string of the molecule is O=C1CC(c2ccccn2)Sc2nc3ccccc3n21. The average molecular weight is 281 g/mol. The van der Waals surface area contributed by atoms with Crippen molar-refractivity contribution in [2.24, 2.45) is 0 Å². The molecule has 0 N–H and O–H groups in total. The number of nitrogens with zero attached hydrogens (tertiary/aromatic N) is 3. The van der Waals surface area contributed by atoms with Gasteiger partial charge >= 0.3 is 0 Å². The number of rotatable bonds is 1. The molecule has 4 rings (SSSR count). The maximum absolute atomic E-state index is 12.4. The van der Waals surface area contributed by atoms with E-state index in [1.165, 1.54) is 0 Å². The lowest BCUT2D eigenvalue weighted by molar-refractivity contribution is 0.0891. The van der Waals surface area contributed by atoms with E-state index in [1.54, 1.807) is 22.5 Å². The molecule has 0 aliphatic carbocycles. The molecule has 1 atom stereocenters. The van der Waals surface area contributed by atoms with Crippen molar-refractivity contribution in [1.29, 1.82) is 0 Å². The van der Waals surface area contributed by atoms with Gasteiger partial charge in [0.2, 0.25) is 5.91 Å². The van der Waals surface area contributed by atoms with Gasteiger partial charge in [-0.2, -0.15) is 0 Å². The first-order valence-corrected chi connectivity index (χ1v) is 7.29. The topological polar surface area (TPSA) is 47.8 Å². The van der Waals surface area contributed by atoms with Crippen molar-refractivity contribution in [1.82, 2.24) is 14.5 Å². The monoisotopic (exact) mass is 281 g/mol. The number of carbonyl (C=O) groups excluding carboxylic acids is 1. The number of hydrogen-bond acceptors (Lipinski definition) is 4. The molecule has 3 aromatic rings. The quantitative estimate of drug-likeness (QED) is 0.686. The third kappa shape index (κ3) is 1.74. The molecule has 20 heavy (non-hydrogen) atoms. The van der Waals surface area contributed by atoms with Gasteiger partial charge < -0.3 is 0 Å². The third-order valence-electron chi connectivity index (χ3n) is 3.40. The molecule has 0 fully saturated rings. The van der Waals surface area contributed by atoms with E-state index < -0.39 is 0 Å². The molecular formula is C15H11N3OS. The fraction of sp³-hybridized carbons (Fsp3) is 0.133. The van der Waals surface area contributed by atoms with Gasteiger partial charge in [-0.25, -0.2) is 4.98 Å². The van der Waals surface area contributed by atoms with E-state index in [0.29, 0.717) is 6.42 Å². The second kappa shape index (κ2) is 4.45. The highest BCUT2D eigenvalue weighted by atomic mass is 32.2. The van der Waals surface area contributed by atoms with Crippen LogP contribution in [0, 0.1) is 0 Å². The molecule has 0 saturated carbocycles. The highest BCUT2D eigenvalue weighted by Gasteiger charge is 2.30. The Labute approximate surface area is 119 Å². The van der Waals surface area contributed by atoms with E-state index in [9.17, 15) is 4.79 Å². The molecule has 0 bridgehead atoms. The first-order chi connectivity index (χ1) is 9.83. The van der Waals surface area contributed by atoms with Crippen molar-refractivity contribution in [3.63, 3.8) is 0 Å². The molecule has 1 aromatic carbocycles. The van der Waals surface area contributed by atoms with Crippen LogP contribution in [0.1, 0.15) is 22.2 Å². The van der Waals surface area contributed by atoms with E-state index in [1.807, 2.05) is 42.5 Å². The Balaban J connectivity index is 1.82. The predicted octanol–water partition coefficient (Wildman–Crippen LogP) is 3.31. The number of para-hydroxylation sites is 2. The number of thioether (sulfide) groups is 1. The summed E-state index contributed by atoms with van der Waals surface area (Å²) in [5.74, 6) is 0.0862. The first kappa shape index (κ1) is 11.7. The summed E-state index contributed by atoms with van der Waals surface area (Å²) in [6, 6.07) is 13.5. The zero-order valence-corrected chi connectivity index (χ0v) is 11.4. The number of imidazole rings is 1. The Bertz CT molecular complexity index is 797. The molecule has 0 saturated heterocycles. The normalized spacial score (nSPS) is 18.2. The van der Waals surface area contributed by atoms with Crippen LogP contribution in [0.5, 0.6) is 0 Å². The van der Waals surface area contributed by atoms with Crippen LogP contribution in [0.4, 0.5) is 0 Å². The van der Waals surface area contributed by atoms with Gasteiger partial charge in [0.25, 0.3) is 0 Å². The Morgan fingerprint density at radius 1 is 1.15 bits per heavy atom. The third-order valence-corrected chi connectivity index (χ3v) is 4.58. The lowest BCUT2D eigenvalue weighted by Gasteiger charge is -2.21. The maximum Gasteiger partial charge on any atom is 0.234 e. The first-order valence-electron chi connectivity index (χ1n) is 6.41. The van der Waals surface area contributed by atoms with E-state index in [0.717, 1.165) is 21.9 Å². The molecule has 0 amide bonds. The van der Waals surface area contributed by atoms with Crippen molar-refractivity contribution >= 4 is 28.7 Å². The summed E-state index contributed by atoms with van der Waals surface area (Å²) in [6.45, 7) is 0. The van der Waals surface area contributed by atoms with E-state index >= 15 is 0 Å². The number of pyridine rings is 1. The lowest BCUT2D eigenvalue weighted by Crippen LogP contribution is -2.20. The minimum absolute atomic E-state index is 0.0491. The van der Waals surface area contributed by atoms with Gasteiger partial charge in [-0.05, 0) is 24.3 Å². The smallest absolute Gasteiger partial charge is 0.234 e. The Kier molecular flexibility index (Phi) is 2.60. The van der Waals surface area contributed by atoms with E-state index in [2.05, 4.69) is 9.97 Å². The molecule has 98 valence electrons. The van der Waals surface area contributed by atoms with Crippen LogP contribution in [0.2, 0.25) is 0 Å². The largest absolute Gasteiger partial charge is 0.274 e. The Morgan fingerprint density at radius 3 is 2.85 bits per heavy atom. The highest BCUT2D eigenvalue weighted by Crippen LogP contribution is 2.41. The van der Waals surface area contributed by atoms with Gasteiger partial charge in [0, 0.05) is 12.6 Å². The molecule has 0 spiro atoms. The second-order valence-corrected chi connectivity index (χ2v) is 5.85. The fourth-order valence-corrected chi connectivity index (χ4v) is 3.67. The summed E-state index contributed by atoms with van der Waals surface area (Å²) in [5.41, 5.74) is 2.69. The fourth-order valence-electron chi connectivity index (χ4n) is 2.47. The summed E-state index contributed by atoms with van der Waals surface area (Å²) < 4.78 is 1.72. The second-order valence-electron chi connectivity index (χ2n) is 4.68. The van der Waals surface area contributed by atoms with Crippen molar-refractivity contribution in [2.45, 2.75) is 16.8 Å². The summed E-state index contributed by atoms with van der Waals surface area (Å²) in [7, 11) is 0. The van der Waals surface area contributed by atoms with Crippen LogP contribution in [0.3, 0.4) is 0 Å². The summed E-state index contributed by atoms with van der Waals surface area (Å²) in [4.78, 5) is 21.3. The van der Waals surface area contributed by atoms with Crippen molar-refractivity contribution in [3.05, 3.63) is 54.4 Å². The number of hydrogen-bond donors (Lipinski definition) is 0. The minimum Gasteiger partial charge on any atom is -0.274 e. The number of aromatic nitrogens is 3. The average Bonchev–Trinajstić information content (AvgIpc) is 2.87. The summed E-state index contributed by atoms with van der Waals surface area (Å²) in [6.07, 6.45) is 2.22. The zero-order valence-electron chi connectivity index (χ0n) is 10.6. The maximum atomic E-state index is 12.4. The minimum atomic E-state index is 0.0491. The molecule has 3 heterocycles. The summed E-state index contributed by atoms with van der Waals surface area (Å²) in [5, 5.41) is 0.811. The molecule has 0 radical (unpaired) electrons. The van der Waals surface area contributed by atoms with E-state index in [-0.39, 0.29) is 11.2 Å². The van der Waals surface area contributed by atoms with Crippen molar-refractivity contribution in [2.75, 3.05) is 0 Å². The standard InChI is InChI=1S/C15H11N3OS/c19-14-9-13(11-6-3-4-8-16-11)20-15-17-10-5-1-2-7-12(10)18(14)15/h1-8,13H,9H2. The molecule has 1 aliphatic heterocycles. The number of fused-ring (bicyclic) bond motifs is 3. The molecule has 1 aliphatic rings. The molecular weight excluding hydrogens is 270 g/mol. The zero-order chi connectivity index (χ0) is 13.5. The van der Waals surface area contributed by atoms with E-state index in [4.69, 9.17) is 0 Å². The van der Waals surface area contributed by atoms with Gasteiger partial charge in [-0.1, -0.05) is 30.0 Å². The highest BCUT2D eigenvalue weighted by molar-refractivity contribution is 7.99.